The highest BCUT2D eigenvalue weighted by atomic mass is 35.5. The third-order valence-electron chi connectivity index (χ3n) is 5.47. The standard InChI is InChI=1S/C25H25ClF3N7O3/c1-24(2,3)31-22(38)17-6-4-5-7-18(17)36-14-30-20(32-36)13-35-23(39)34(12-19(37)25(27,28)29)21(33-35)15-8-10-16(26)11-9-15/h4-11,14,19,37H,12-13H2,1-3H3,(H,31,38)/t19-/m0/s1. The van der Waals surface area contributed by atoms with Crippen molar-refractivity contribution in [1.82, 2.24) is 34.4 Å². The number of aliphatic hydroxyl groups is 1. The molecule has 0 aliphatic heterocycles. The number of alkyl halides is 3. The van der Waals surface area contributed by atoms with Crippen LogP contribution in [0.15, 0.2) is 59.7 Å². The maximum atomic E-state index is 13.1. The van der Waals surface area contributed by atoms with Crippen LogP contribution in [0.4, 0.5) is 13.2 Å². The summed E-state index contributed by atoms with van der Waals surface area (Å²) in [6.45, 7) is 4.22. The minimum atomic E-state index is -4.94. The molecule has 2 aromatic heterocycles. The zero-order valence-corrected chi connectivity index (χ0v) is 21.9. The van der Waals surface area contributed by atoms with Crippen molar-refractivity contribution >= 4 is 17.5 Å². The van der Waals surface area contributed by atoms with Gasteiger partial charge in [0, 0.05) is 16.1 Å². The van der Waals surface area contributed by atoms with Crippen molar-refractivity contribution in [3.63, 3.8) is 0 Å². The number of carbonyl (C=O) groups excluding carboxylic acids is 1. The molecule has 2 N–H and O–H groups in total. The number of nitrogens with zero attached hydrogens (tertiary/aromatic N) is 6. The van der Waals surface area contributed by atoms with E-state index in [-0.39, 0.29) is 24.1 Å². The van der Waals surface area contributed by atoms with Gasteiger partial charge in [-0.3, -0.25) is 9.36 Å². The van der Waals surface area contributed by atoms with Crippen molar-refractivity contribution in [2.24, 2.45) is 0 Å². The van der Waals surface area contributed by atoms with Crippen LogP contribution in [0, 0.1) is 0 Å². The number of hydrogen-bond donors (Lipinski definition) is 2. The molecule has 0 unspecified atom stereocenters. The van der Waals surface area contributed by atoms with E-state index in [1.165, 1.54) is 35.3 Å². The Morgan fingerprint density at radius 3 is 2.38 bits per heavy atom. The van der Waals surface area contributed by atoms with E-state index in [0.717, 1.165) is 9.25 Å². The van der Waals surface area contributed by atoms with Crippen molar-refractivity contribution in [2.45, 2.75) is 51.7 Å². The molecule has 2 heterocycles. The van der Waals surface area contributed by atoms with Gasteiger partial charge in [-0.15, -0.1) is 10.2 Å². The molecule has 0 saturated heterocycles. The summed E-state index contributed by atoms with van der Waals surface area (Å²) in [5.74, 6) is -0.295. The Balaban J connectivity index is 1.68. The number of para-hydroxylation sites is 1. The fourth-order valence-electron chi connectivity index (χ4n) is 3.69. The summed E-state index contributed by atoms with van der Waals surface area (Å²) < 4.78 is 42.3. The Bertz CT molecular complexity index is 1540. The van der Waals surface area contributed by atoms with Crippen LogP contribution >= 0.6 is 11.6 Å². The molecule has 0 radical (unpaired) electrons. The van der Waals surface area contributed by atoms with Crippen LogP contribution in [-0.4, -0.2) is 57.9 Å². The van der Waals surface area contributed by atoms with Gasteiger partial charge in [-0.05, 0) is 57.2 Å². The van der Waals surface area contributed by atoms with Gasteiger partial charge < -0.3 is 10.4 Å². The number of halogens is 4. The Hall–Kier alpha value is -3.97. The SMILES string of the molecule is CC(C)(C)NC(=O)c1ccccc1-n1cnc(Cn2nc(-c3ccc(Cl)cc3)n(C[C@H](O)C(F)(F)F)c2=O)n1. The van der Waals surface area contributed by atoms with Crippen molar-refractivity contribution in [2.75, 3.05) is 0 Å². The molecule has 0 saturated carbocycles. The molecule has 4 rings (SSSR count). The van der Waals surface area contributed by atoms with Gasteiger partial charge in [0.25, 0.3) is 5.91 Å². The van der Waals surface area contributed by atoms with Gasteiger partial charge in [0.15, 0.2) is 17.8 Å². The molecular weight excluding hydrogens is 539 g/mol. The molecule has 4 aromatic rings. The lowest BCUT2D eigenvalue weighted by molar-refractivity contribution is -0.207. The molecule has 14 heteroatoms. The number of benzene rings is 2. The smallest absolute Gasteiger partial charge is 0.382 e. The van der Waals surface area contributed by atoms with Crippen molar-refractivity contribution in [1.29, 1.82) is 0 Å². The monoisotopic (exact) mass is 563 g/mol. The fraction of sp³-hybridized carbons (Fsp3) is 0.320. The third-order valence-corrected chi connectivity index (χ3v) is 5.73. The van der Waals surface area contributed by atoms with Crippen LogP contribution in [0.1, 0.15) is 37.0 Å². The minimum absolute atomic E-state index is 0.0939. The van der Waals surface area contributed by atoms with E-state index < -0.39 is 30.1 Å². The van der Waals surface area contributed by atoms with Gasteiger partial charge in [-0.25, -0.2) is 19.1 Å². The van der Waals surface area contributed by atoms with Gasteiger partial charge in [0.05, 0.1) is 17.8 Å². The molecule has 206 valence electrons. The van der Waals surface area contributed by atoms with Crippen LogP contribution in [0.5, 0.6) is 0 Å². The van der Waals surface area contributed by atoms with Crippen LogP contribution in [0.2, 0.25) is 5.02 Å². The summed E-state index contributed by atoms with van der Waals surface area (Å²) in [5, 5.41) is 21.5. The van der Waals surface area contributed by atoms with Crippen molar-refractivity contribution in [3.8, 4) is 17.1 Å². The van der Waals surface area contributed by atoms with Crippen LogP contribution < -0.4 is 11.0 Å². The first-order chi connectivity index (χ1) is 18.2. The van der Waals surface area contributed by atoms with Gasteiger partial charge in [0.2, 0.25) is 0 Å². The summed E-state index contributed by atoms with van der Waals surface area (Å²) in [4.78, 5) is 30.1. The number of rotatable bonds is 7. The Morgan fingerprint density at radius 1 is 1.08 bits per heavy atom. The van der Waals surface area contributed by atoms with Crippen molar-refractivity contribution < 1.29 is 23.1 Å². The molecule has 0 aliphatic carbocycles. The van der Waals surface area contributed by atoms with Crippen molar-refractivity contribution in [3.05, 3.63) is 81.8 Å². The second-order valence-corrected chi connectivity index (χ2v) is 10.2. The van der Waals surface area contributed by atoms with E-state index in [0.29, 0.717) is 21.8 Å². The Labute approximate surface area is 225 Å². The third kappa shape index (κ3) is 6.55. The molecule has 10 nitrogen and oxygen atoms in total. The number of carbonyl (C=O) groups is 1. The Kier molecular flexibility index (Phi) is 7.66. The largest absolute Gasteiger partial charge is 0.416 e. The molecule has 1 atom stereocenters. The second-order valence-electron chi connectivity index (χ2n) is 9.77. The summed E-state index contributed by atoms with van der Waals surface area (Å²) in [6.07, 6.45) is -6.37. The summed E-state index contributed by atoms with van der Waals surface area (Å²) >= 11 is 5.92. The first-order valence-corrected chi connectivity index (χ1v) is 12.1. The molecular formula is C25H25ClF3N7O3. The van der Waals surface area contributed by atoms with E-state index in [1.54, 1.807) is 24.3 Å². The van der Waals surface area contributed by atoms with Gasteiger partial charge >= 0.3 is 11.9 Å². The van der Waals surface area contributed by atoms with Crippen LogP contribution in [0.3, 0.4) is 0 Å². The molecule has 0 bridgehead atoms. The van der Waals surface area contributed by atoms with Gasteiger partial charge in [-0.2, -0.15) is 13.2 Å². The topological polar surface area (TPSA) is 120 Å². The highest BCUT2D eigenvalue weighted by Gasteiger charge is 2.39. The molecule has 1 amide bonds. The summed E-state index contributed by atoms with van der Waals surface area (Å²) in [7, 11) is 0. The Morgan fingerprint density at radius 2 is 1.74 bits per heavy atom. The maximum Gasteiger partial charge on any atom is 0.416 e. The summed E-state index contributed by atoms with van der Waals surface area (Å²) in [5.41, 5.74) is -0.270. The molecule has 0 fully saturated rings. The molecule has 39 heavy (non-hydrogen) atoms. The lowest BCUT2D eigenvalue weighted by Crippen LogP contribution is -2.41. The number of aliphatic hydroxyl groups excluding tert-OH is 1. The number of hydrogen-bond acceptors (Lipinski definition) is 6. The first kappa shape index (κ1) is 28.0. The lowest BCUT2D eigenvalue weighted by Gasteiger charge is -2.21. The average Bonchev–Trinajstić information content (AvgIpc) is 3.43. The highest BCUT2D eigenvalue weighted by molar-refractivity contribution is 6.30. The zero-order valence-electron chi connectivity index (χ0n) is 21.1. The van der Waals surface area contributed by atoms with E-state index in [1.807, 2.05) is 20.8 Å². The fourth-order valence-corrected chi connectivity index (χ4v) is 3.82. The minimum Gasteiger partial charge on any atom is -0.382 e. The zero-order chi connectivity index (χ0) is 28.5. The van der Waals surface area contributed by atoms with Crippen LogP contribution in [0.25, 0.3) is 17.1 Å². The molecule has 0 spiro atoms. The normalized spacial score (nSPS) is 12.9. The maximum absolute atomic E-state index is 13.1. The number of amides is 1. The predicted octanol–water partition coefficient (Wildman–Crippen LogP) is 3.45. The molecule has 0 aliphatic rings. The lowest BCUT2D eigenvalue weighted by atomic mass is 10.1. The first-order valence-electron chi connectivity index (χ1n) is 11.7. The number of nitrogens with one attached hydrogen (secondary N) is 1. The second kappa shape index (κ2) is 10.7. The van der Waals surface area contributed by atoms with Gasteiger partial charge in [-0.1, -0.05) is 23.7 Å². The molecule has 2 aromatic carbocycles. The van der Waals surface area contributed by atoms with E-state index in [4.69, 9.17) is 11.6 Å². The predicted molar refractivity (Wildman–Crippen MR) is 137 cm³/mol. The van der Waals surface area contributed by atoms with E-state index in [2.05, 4.69) is 20.5 Å². The van der Waals surface area contributed by atoms with Crippen LogP contribution in [-0.2, 0) is 13.1 Å². The average molecular weight is 564 g/mol. The highest BCUT2D eigenvalue weighted by Crippen LogP contribution is 2.24. The quantitative estimate of drug-likeness (QED) is 0.355. The van der Waals surface area contributed by atoms with E-state index in [9.17, 15) is 27.9 Å². The van der Waals surface area contributed by atoms with E-state index >= 15 is 0 Å². The van der Waals surface area contributed by atoms with Gasteiger partial charge in [0.1, 0.15) is 12.9 Å². The summed E-state index contributed by atoms with van der Waals surface area (Å²) in [6, 6.07) is 12.7. The number of aromatic nitrogens is 6.